The third kappa shape index (κ3) is 17.7. The van der Waals surface area contributed by atoms with Crippen LogP contribution in [0.1, 0.15) is 85.0 Å². The van der Waals surface area contributed by atoms with Gasteiger partial charge in [0.1, 0.15) is 18.1 Å². The lowest BCUT2D eigenvalue weighted by Gasteiger charge is -2.29. The summed E-state index contributed by atoms with van der Waals surface area (Å²) in [5.41, 5.74) is 0.609. The zero-order valence-electron chi connectivity index (χ0n) is 27.5. The van der Waals surface area contributed by atoms with Crippen molar-refractivity contribution >= 4 is 5.97 Å². The molecule has 1 aliphatic rings. The summed E-state index contributed by atoms with van der Waals surface area (Å²) in [5.74, 6) is -2.33. The minimum absolute atomic E-state index is 0.0162. The summed E-state index contributed by atoms with van der Waals surface area (Å²) in [5, 5.41) is 94.8. The van der Waals surface area contributed by atoms with Gasteiger partial charge in [-0.25, -0.2) is 0 Å². The standard InChI is InChI=1S/C35H58O11/c1-4-5-11-16-31(42)34-33(44)22-29(40)20-27(38)18-25(36)17-26(37)19-28(39)21-32(43)23(2)14-12-9-7-6-8-10-13-15-30(41)24(3)46-35(34)45/h6-10,12-15,24-34,36-44H,4-5,11,16-22H2,1-3H3/t24-,25-,26+,27-,28+,29-,30-,31+,32+,33-,34-/m0/s1. The van der Waals surface area contributed by atoms with Crippen LogP contribution in [0.2, 0.25) is 0 Å². The molecule has 0 aromatic rings. The van der Waals surface area contributed by atoms with Crippen LogP contribution in [0, 0.1) is 5.92 Å². The smallest absolute Gasteiger partial charge is 0.314 e. The molecular formula is C35H58O11. The van der Waals surface area contributed by atoms with Crippen LogP contribution in [0.25, 0.3) is 0 Å². The number of unbranched alkanes of at least 4 members (excludes halogenated alkanes) is 2. The molecule has 0 saturated heterocycles. The minimum Gasteiger partial charge on any atom is -0.459 e. The lowest BCUT2D eigenvalue weighted by atomic mass is 9.87. The second-order valence-corrected chi connectivity index (χ2v) is 12.4. The number of carbonyl (C=O) groups excluding carboxylic acids is 1. The Bertz CT molecular complexity index is 991. The van der Waals surface area contributed by atoms with E-state index in [0.717, 1.165) is 12.8 Å². The van der Waals surface area contributed by atoms with Gasteiger partial charge in [-0.3, -0.25) is 4.79 Å². The highest BCUT2D eigenvalue weighted by Crippen LogP contribution is 2.24. The first-order valence-corrected chi connectivity index (χ1v) is 16.4. The van der Waals surface area contributed by atoms with Crippen LogP contribution in [0.15, 0.2) is 60.3 Å². The molecule has 0 aliphatic carbocycles. The zero-order valence-corrected chi connectivity index (χ0v) is 27.5. The van der Waals surface area contributed by atoms with E-state index in [9.17, 15) is 50.8 Å². The Balaban J connectivity index is 3.14. The summed E-state index contributed by atoms with van der Waals surface area (Å²) in [6, 6.07) is 0. The van der Waals surface area contributed by atoms with Crippen molar-refractivity contribution in [1.29, 1.82) is 0 Å². The number of allylic oxidation sites excluding steroid dienone is 8. The molecule has 0 unspecified atom stereocenters. The maximum atomic E-state index is 13.1. The van der Waals surface area contributed by atoms with Gasteiger partial charge in [-0.1, -0.05) is 80.9 Å². The van der Waals surface area contributed by atoms with Gasteiger partial charge in [-0.2, -0.15) is 0 Å². The van der Waals surface area contributed by atoms with E-state index < -0.39 is 72.9 Å². The summed E-state index contributed by atoms with van der Waals surface area (Å²) in [6.45, 7) is 5.18. The normalized spacial score (nSPS) is 34.7. The molecule has 0 bridgehead atoms. The van der Waals surface area contributed by atoms with Crippen molar-refractivity contribution in [1.82, 2.24) is 0 Å². The summed E-state index contributed by atoms with van der Waals surface area (Å²) in [6.07, 6.45) is 4.69. The summed E-state index contributed by atoms with van der Waals surface area (Å²) in [7, 11) is 0. The van der Waals surface area contributed by atoms with Crippen molar-refractivity contribution in [3.8, 4) is 0 Å². The lowest BCUT2D eigenvalue weighted by Crippen LogP contribution is -2.43. The first-order valence-electron chi connectivity index (χ1n) is 16.4. The molecule has 0 radical (unpaired) electrons. The molecule has 0 amide bonds. The van der Waals surface area contributed by atoms with E-state index in [0.29, 0.717) is 12.0 Å². The molecule has 0 spiro atoms. The van der Waals surface area contributed by atoms with E-state index in [4.69, 9.17) is 4.74 Å². The molecule has 0 fully saturated rings. The van der Waals surface area contributed by atoms with E-state index in [1.54, 1.807) is 55.5 Å². The molecule has 11 heteroatoms. The second kappa shape index (κ2) is 23.2. The van der Waals surface area contributed by atoms with Crippen LogP contribution in [0.4, 0.5) is 0 Å². The van der Waals surface area contributed by atoms with E-state index in [1.165, 1.54) is 13.0 Å². The Morgan fingerprint density at radius 3 is 1.74 bits per heavy atom. The third-order valence-electron chi connectivity index (χ3n) is 8.03. The molecule has 1 heterocycles. The Kier molecular flexibility index (Phi) is 21.1. The van der Waals surface area contributed by atoms with Crippen molar-refractivity contribution in [2.75, 3.05) is 0 Å². The Labute approximate surface area is 273 Å². The monoisotopic (exact) mass is 654 g/mol. The molecule has 0 saturated carbocycles. The third-order valence-corrected chi connectivity index (χ3v) is 8.03. The van der Waals surface area contributed by atoms with Gasteiger partial charge in [-0.15, -0.1) is 0 Å². The quantitative estimate of drug-likeness (QED) is 0.154. The second-order valence-electron chi connectivity index (χ2n) is 12.4. The van der Waals surface area contributed by atoms with Gasteiger partial charge in [0, 0.05) is 12.8 Å². The van der Waals surface area contributed by atoms with Crippen LogP contribution >= 0.6 is 0 Å². The molecular weight excluding hydrogens is 596 g/mol. The fourth-order valence-electron chi connectivity index (χ4n) is 5.27. The largest absolute Gasteiger partial charge is 0.459 e. The first-order chi connectivity index (χ1) is 21.7. The van der Waals surface area contributed by atoms with Gasteiger partial charge in [0.15, 0.2) is 0 Å². The number of carbonyl (C=O) groups is 1. The fraction of sp³-hybridized carbons (Fsp3) is 0.686. The highest BCUT2D eigenvalue weighted by atomic mass is 16.6. The van der Waals surface area contributed by atoms with Gasteiger partial charge in [-0.05, 0) is 51.5 Å². The Morgan fingerprint density at radius 1 is 0.717 bits per heavy atom. The number of cyclic esters (lactones) is 1. The Hall–Kier alpha value is -2.19. The predicted octanol–water partition coefficient (Wildman–Crippen LogP) is 1.89. The first kappa shape index (κ1) is 41.8. The molecule has 11 atom stereocenters. The molecule has 0 aromatic heterocycles. The van der Waals surface area contributed by atoms with E-state index in [2.05, 4.69) is 0 Å². The molecule has 1 aliphatic heterocycles. The summed E-state index contributed by atoms with van der Waals surface area (Å²) >= 11 is 0. The van der Waals surface area contributed by atoms with E-state index >= 15 is 0 Å². The lowest BCUT2D eigenvalue weighted by molar-refractivity contribution is -0.168. The van der Waals surface area contributed by atoms with Gasteiger partial charge >= 0.3 is 5.97 Å². The SMILES string of the molecule is CCCCC[C@@H](O)[C@@H]1C(=O)O[C@@H](C)[C@@H](O)C=CC=CC=CC=CC=C(C)[C@H](O)C[C@H](O)C[C@H](O)C[C@H](O)C[C@H](O)C[C@H](O)C[C@@H]1O. The highest BCUT2D eigenvalue weighted by molar-refractivity contribution is 5.74. The van der Waals surface area contributed by atoms with Gasteiger partial charge in [0.05, 0.1) is 48.8 Å². The van der Waals surface area contributed by atoms with Crippen molar-refractivity contribution in [3.05, 3.63) is 60.3 Å². The Morgan fingerprint density at radius 2 is 1.20 bits per heavy atom. The summed E-state index contributed by atoms with van der Waals surface area (Å²) < 4.78 is 5.42. The topological polar surface area (TPSA) is 208 Å². The van der Waals surface area contributed by atoms with Crippen LogP contribution in [0.5, 0.6) is 0 Å². The number of hydrogen-bond acceptors (Lipinski definition) is 11. The van der Waals surface area contributed by atoms with Crippen LogP contribution < -0.4 is 0 Å². The number of esters is 1. The van der Waals surface area contributed by atoms with Gasteiger partial charge < -0.3 is 50.7 Å². The highest BCUT2D eigenvalue weighted by Gasteiger charge is 2.37. The molecule has 1 rings (SSSR count). The molecule has 9 N–H and O–H groups in total. The van der Waals surface area contributed by atoms with Gasteiger partial charge in [0.2, 0.25) is 0 Å². The number of aliphatic hydroxyl groups is 9. The van der Waals surface area contributed by atoms with Crippen molar-refractivity contribution in [2.24, 2.45) is 5.92 Å². The zero-order chi connectivity index (χ0) is 34.6. The maximum Gasteiger partial charge on any atom is 0.314 e. The average Bonchev–Trinajstić information content (AvgIpc) is 2.94. The van der Waals surface area contributed by atoms with Gasteiger partial charge in [0.25, 0.3) is 0 Å². The number of rotatable bonds is 5. The van der Waals surface area contributed by atoms with E-state index in [1.807, 2.05) is 6.92 Å². The molecule has 11 nitrogen and oxygen atoms in total. The predicted molar refractivity (Wildman–Crippen MR) is 175 cm³/mol. The number of hydrogen-bond donors (Lipinski definition) is 9. The number of aliphatic hydroxyl groups excluding tert-OH is 9. The molecule has 264 valence electrons. The van der Waals surface area contributed by atoms with Crippen LogP contribution in [0.3, 0.4) is 0 Å². The number of ether oxygens (including phenoxy) is 1. The van der Waals surface area contributed by atoms with Crippen LogP contribution in [-0.4, -0.2) is 113 Å². The molecule has 0 aromatic carbocycles. The van der Waals surface area contributed by atoms with Crippen molar-refractivity contribution in [3.63, 3.8) is 0 Å². The fourth-order valence-corrected chi connectivity index (χ4v) is 5.27. The van der Waals surface area contributed by atoms with Crippen molar-refractivity contribution < 1.29 is 55.5 Å². The minimum atomic E-state index is -1.52. The average molecular weight is 655 g/mol. The van der Waals surface area contributed by atoms with E-state index in [-0.39, 0.29) is 44.9 Å². The maximum absolute atomic E-state index is 13.1. The van der Waals surface area contributed by atoms with Crippen LogP contribution in [-0.2, 0) is 9.53 Å². The van der Waals surface area contributed by atoms with Crippen molar-refractivity contribution in [2.45, 2.75) is 146 Å². The summed E-state index contributed by atoms with van der Waals surface area (Å²) in [4.78, 5) is 13.1. The molecule has 46 heavy (non-hydrogen) atoms.